The molecule has 0 radical (unpaired) electrons. The Kier molecular flexibility index (Phi) is 6.93. The molecule has 0 spiro atoms. The molecule has 144 valence electrons. The number of aromatic nitrogens is 1. The maximum Gasteiger partial charge on any atom is 0.315 e. The third-order valence-corrected chi connectivity index (χ3v) is 4.43. The molecule has 2 rings (SSSR count). The van der Waals surface area contributed by atoms with Crippen molar-refractivity contribution >= 4 is 12.0 Å². The van der Waals surface area contributed by atoms with Crippen molar-refractivity contribution in [1.82, 2.24) is 15.6 Å². The zero-order chi connectivity index (χ0) is 19.9. The smallest absolute Gasteiger partial charge is 0.315 e. The van der Waals surface area contributed by atoms with Crippen LogP contribution in [0.4, 0.5) is 4.79 Å². The molecule has 27 heavy (non-hydrogen) atoms. The lowest BCUT2D eigenvalue weighted by Gasteiger charge is -2.28. The van der Waals surface area contributed by atoms with Gasteiger partial charge in [0.1, 0.15) is 0 Å². The second-order valence-corrected chi connectivity index (χ2v) is 7.23. The molecular weight excluding hydrogens is 342 g/mol. The van der Waals surface area contributed by atoms with Crippen molar-refractivity contribution in [2.75, 3.05) is 0 Å². The molecule has 0 aliphatic heterocycles. The van der Waals surface area contributed by atoms with Crippen LogP contribution in [-0.4, -0.2) is 28.1 Å². The minimum atomic E-state index is -0.874. The van der Waals surface area contributed by atoms with E-state index in [0.717, 1.165) is 16.8 Å². The number of carboxylic acid groups (broad SMARTS) is 1. The number of hydrogen-bond donors (Lipinski definition) is 3. The van der Waals surface area contributed by atoms with Gasteiger partial charge in [-0.2, -0.15) is 0 Å². The first-order chi connectivity index (χ1) is 12.8. The van der Waals surface area contributed by atoms with E-state index in [4.69, 9.17) is 5.11 Å². The van der Waals surface area contributed by atoms with Gasteiger partial charge in [0.05, 0.1) is 5.54 Å². The van der Waals surface area contributed by atoms with Gasteiger partial charge in [-0.25, -0.2) is 4.79 Å². The number of urea groups is 1. The zero-order valence-corrected chi connectivity index (χ0v) is 16.0. The number of aryl methyl sites for hydroxylation is 1. The van der Waals surface area contributed by atoms with E-state index < -0.39 is 11.5 Å². The minimum absolute atomic E-state index is 0.00303. The Morgan fingerprint density at radius 3 is 2.44 bits per heavy atom. The average Bonchev–Trinajstić information content (AvgIpc) is 2.60. The van der Waals surface area contributed by atoms with Crippen molar-refractivity contribution in [3.8, 4) is 0 Å². The van der Waals surface area contributed by atoms with Crippen LogP contribution < -0.4 is 10.6 Å². The van der Waals surface area contributed by atoms with Crippen LogP contribution in [0, 0.1) is 6.92 Å². The Morgan fingerprint density at radius 1 is 1.15 bits per heavy atom. The molecule has 0 aliphatic carbocycles. The van der Waals surface area contributed by atoms with Crippen LogP contribution in [0.3, 0.4) is 0 Å². The predicted octanol–water partition coefficient (Wildman–Crippen LogP) is 3.40. The number of benzene rings is 1. The van der Waals surface area contributed by atoms with Gasteiger partial charge in [0.15, 0.2) is 0 Å². The molecule has 0 bridgehead atoms. The van der Waals surface area contributed by atoms with Gasteiger partial charge >= 0.3 is 12.0 Å². The first-order valence-electron chi connectivity index (χ1n) is 9.04. The van der Waals surface area contributed by atoms with Crippen LogP contribution in [0.1, 0.15) is 43.5 Å². The van der Waals surface area contributed by atoms with E-state index in [2.05, 4.69) is 15.6 Å². The number of rotatable bonds is 8. The topological polar surface area (TPSA) is 91.3 Å². The zero-order valence-electron chi connectivity index (χ0n) is 16.0. The molecule has 1 unspecified atom stereocenters. The predicted molar refractivity (Wildman–Crippen MR) is 104 cm³/mol. The largest absolute Gasteiger partial charge is 0.481 e. The number of amides is 2. The SMILES string of the molecule is Cc1ccc(C(C)(C)NC(=O)NC(CCC(=O)O)Cc2ccccc2)cn1. The van der Waals surface area contributed by atoms with Crippen LogP contribution in [0.2, 0.25) is 0 Å². The van der Waals surface area contributed by atoms with Crippen molar-refractivity contribution < 1.29 is 14.7 Å². The minimum Gasteiger partial charge on any atom is -0.481 e. The Morgan fingerprint density at radius 2 is 1.85 bits per heavy atom. The van der Waals surface area contributed by atoms with Gasteiger partial charge in [-0.1, -0.05) is 36.4 Å². The van der Waals surface area contributed by atoms with E-state index in [1.807, 2.05) is 63.2 Å². The monoisotopic (exact) mass is 369 g/mol. The van der Waals surface area contributed by atoms with Gasteiger partial charge in [0.2, 0.25) is 0 Å². The fourth-order valence-electron chi connectivity index (χ4n) is 2.84. The third kappa shape index (κ3) is 6.73. The summed E-state index contributed by atoms with van der Waals surface area (Å²) in [6.45, 7) is 5.72. The third-order valence-electron chi connectivity index (χ3n) is 4.43. The molecular formula is C21H27N3O3. The van der Waals surface area contributed by atoms with E-state index in [-0.39, 0.29) is 18.5 Å². The number of pyridine rings is 1. The van der Waals surface area contributed by atoms with E-state index in [1.54, 1.807) is 6.20 Å². The highest BCUT2D eigenvalue weighted by Crippen LogP contribution is 2.19. The van der Waals surface area contributed by atoms with Crippen LogP contribution in [0.5, 0.6) is 0 Å². The second-order valence-electron chi connectivity index (χ2n) is 7.23. The second kappa shape index (κ2) is 9.16. The lowest BCUT2D eigenvalue weighted by molar-refractivity contribution is -0.137. The summed E-state index contributed by atoms with van der Waals surface area (Å²) in [6, 6.07) is 13.0. The van der Waals surface area contributed by atoms with E-state index >= 15 is 0 Å². The molecule has 0 fully saturated rings. The molecule has 6 nitrogen and oxygen atoms in total. The van der Waals surface area contributed by atoms with Gasteiger partial charge in [-0.3, -0.25) is 9.78 Å². The van der Waals surface area contributed by atoms with Crippen LogP contribution in [0.15, 0.2) is 48.7 Å². The van der Waals surface area contributed by atoms with Crippen LogP contribution in [-0.2, 0) is 16.8 Å². The molecule has 0 saturated carbocycles. The van der Waals surface area contributed by atoms with Crippen molar-refractivity contribution in [3.63, 3.8) is 0 Å². The van der Waals surface area contributed by atoms with Gasteiger partial charge in [0, 0.05) is 24.4 Å². The number of carbonyl (C=O) groups excluding carboxylic acids is 1. The molecule has 2 aromatic rings. The summed E-state index contributed by atoms with van der Waals surface area (Å²) in [5, 5.41) is 14.9. The Balaban J connectivity index is 2.02. The van der Waals surface area contributed by atoms with Crippen molar-refractivity contribution in [1.29, 1.82) is 0 Å². The van der Waals surface area contributed by atoms with Gasteiger partial charge in [0.25, 0.3) is 0 Å². The highest BCUT2D eigenvalue weighted by Gasteiger charge is 2.24. The molecule has 1 aromatic carbocycles. The molecule has 1 heterocycles. The normalized spacial score (nSPS) is 12.3. The Labute approximate surface area is 160 Å². The number of hydrogen-bond acceptors (Lipinski definition) is 3. The summed E-state index contributed by atoms with van der Waals surface area (Å²) in [4.78, 5) is 27.8. The Hall–Kier alpha value is -2.89. The van der Waals surface area contributed by atoms with Crippen molar-refractivity contribution in [2.24, 2.45) is 0 Å². The summed E-state index contributed by atoms with van der Waals surface area (Å²) < 4.78 is 0. The summed E-state index contributed by atoms with van der Waals surface area (Å²) in [6.07, 6.45) is 2.70. The van der Waals surface area contributed by atoms with E-state index in [0.29, 0.717) is 12.8 Å². The molecule has 1 aromatic heterocycles. The number of carboxylic acids is 1. The summed E-state index contributed by atoms with van der Waals surface area (Å²) >= 11 is 0. The maximum absolute atomic E-state index is 12.6. The lowest BCUT2D eigenvalue weighted by Crippen LogP contribution is -2.50. The standard InChI is InChI=1S/C21H27N3O3/c1-15-9-10-17(14-22-15)21(2,3)24-20(27)23-18(11-12-19(25)26)13-16-7-5-4-6-8-16/h4-10,14,18H,11-13H2,1-3H3,(H,25,26)(H2,23,24,27). The van der Waals surface area contributed by atoms with Gasteiger partial charge < -0.3 is 15.7 Å². The average molecular weight is 369 g/mol. The molecule has 2 amide bonds. The number of carbonyl (C=O) groups is 2. The Bertz CT molecular complexity index is 758. The first-order valence-corrected chi connectivity index (χ1v) is 9.04. The highest BCUT2D eigenvalue weighted by molar-refractivity contribution is 5.75. The van der Waals surface area contributed by atoms with Crippen LogP contribution >= 0.6 is 0 Å². The van der Waals surface area contributed by atoms with E-state index in [1.165, 1.54) is 0 Å². The van der Waals surface area contributed by atoms with Crippen molar-refractivity contribution in [2.45, 2.75) is 51.6 Å². The fourth-order valence-corrected chi connectivity index (χ4v) is 2.84. The molecule has 1 atom stereocenters. The lowest BCUT2D eigenvalue weighted by atomic mass is 9.96. The summed E-state index contributed by atoms with van der Waals surface area (Å²) in [5.74, 6) is -0.874. The molecule has 6 heteroatoms. The summed E-state index contributed by atoms with van der Waals surface area (Å²) in [7, 11) is 0. The maximum atomic E-state index is 12.6. The molecule has 3 N–H and O–H groups in total. The molecule has 0 saturated heterocycles. The fraction of sp³-hybridized carbons (Fsp3) is 0.381. The number of aliphatic carboxylic acids is 1. The van der Waals surface area contributed by atoms with E-state index in [9.17, 15) is 9.59 Å². The summed E-state index contributed by atoms with van der Waals surface area (Å²) in [5.41, 5.74) is 2.26. The first kappa shape index (κ1) is 20.4. The molecule has 0 aliphatic rings. The number of nitrogens with zero attached hydrogens (tertiary/aromatic N) is 1. The van der Waals surface area contributed by atoms with Crippen LogP contribution in [0.25, 0.3) is 0 Å². The van der Waals surface area contributed by atoms with Crippen molar-refractivity contribution in [3.05, 3.63) is 65.5 Å². The number of nitrogens with one attached hydrogen (secondary N) is 2. The highest BCUT2D eigenvalue weighted by atomic mass is 16.4. The quantitative estimate of drug-likeness (QED) is 0.665. The van der Waals surface area contributed by atoms with Gasteiger partial charge in [-0.15, -0.1) is 0 Å². The van der Waals surface area contributed by atoms with Gasteiger partial charge in [-0.05, 0) is 50.8 Å².